The lowest BCUT2D eigenvalue weighted by molar-refractivity contribution is 0.594. The largest absolute Gasteiger partial charge is 0.369 e. The summed E-state index contributed by atoms with van der Waals surface area (Å²) >= 11 is 0. The molecule has 0 spiro atoms. The number of nitrogens with zero attached hydrogens (tertiary/aromatic N) is 2. The molecule has 0 bridgehead atoms. The molecule has 3 rings (SSSR count). The van der Waals surface area contributed by atoms with Crippen molar-refractivity contribution in [3.05, 3.63) is 89.7 Å². The molecule has 6 heteroatoms. The summed E-state index contributed by atoms with van der Waals surface area (Å²) in [6.07, 6.45) is 0. The van der Waals surface area contributed by atoms with Crippen LogP contribution in [0.3, 0.4) is 0 Å². The average molecular weight is 380 g/mol. The van der Waals surface area contributed by atoms with Crippen molar-refractivity contribution in [3.63, 3.8) is 0 Å². The van der Waals surface area contributed by atoms with E-state index < -0.39 is 15.7 Å². The maximum Gasteiger partial charge on any atom is 0.206 e. The number of benzene rings is 3. The van der Waals surface area contributed by atoms with Crippen LogP contribution in [0.15, 0.2) is 82.6 Å². The Morgan fingerprint density at radius 2 is 1.48 bits per heavy atom. The van der Waals surface area contributed by atoms with Crippen LogP contribution in [0, 0.1) is 17.1 Å². The van der Waals surface area contributed by atoms with Gasteiger partial charge in [-0.2, -0.15) is 5.26 Å². The molecule has 0 heterocycles. The number of hydrogen-bond donors (Lipinski definition) is 0. The summed E-state index contributed by atoms with van der Waals surface area (Å²) in [5.41, 5.74) is 2.29. The minimum absolute atomic E-state index is 0.0525. The van der Waals surface area contributed by atoms with Gasteiger partial charge in [0.1, 0.15) is 11.9 Å². The van der Waals surface area contributed by atoms with Gasteiger partial charge >= 0.3 is 0 Å². The topological polar surface area (TPSA) is 61.2 Å². The molecule has 3 aromatic rings. The van der Waals surface area contributed by atoms with Crippen LogP contribution in [0.2, 0.25) is 0 Å². The quantitative estimate of drug-likeness (QED) is 0.624. The van der Waals surface area contributed by atoms with Gasteiger partial charge in [-0.3, -0.25) is 0 Å². The fourth-order valence-corrected chi connectivity index (χ4v) is 4.04. The van der Waals surface area contributed by atoms with Gasteiger partial charge in [-0.1, -0.05) is 24.3 Å². The Morgan fingerprint density at radius 3 is 2.07 bits per heavy atom. The van der Waals surface area contributed by atoms with Gasteiger partial charge in [0.2, 0.25) is 9.84 Å². The minimum atomic E-state index is -3.69. The van der Waals surface area contributed by atoms with Gasteiger partial charge in [0.05, 0.1) is 21.0 Å². The second-order valence-corrected chi connectivity index (χ2v) is 8.04. The van der Waals surface area contributed by atoms with Gasteiger partial charge < -0.3 is 4.90 Å². The first-order valence-corrected chi connectivity index (χ1v) is 9.70. The molecule has 0 radical (unpaired) electrons. The molecule has 0 aliphatic rings. The predicted octanol–water partition coefficient (Wildman–Crippen LogP) is 4.17. The van der Waals surface area contributed by atoms with Crippen molar-refractivity contribution < 1.29 is 12.8 Å². The molecule has 0 saturated carbocycles. The van der Waals surface area contributed by atoms with Crippen LogP contribution in [0.5, 0.6) is 0 Å². The number of nitriles is 1. The summed E-state index contributed by atoms with van der Waals surface area (Å²) in [6, 6.07) is 20.8. The highest BCUT2D eigenvalue weighted by molar-refractivity contribution is 7.91. The van der Waals surface area contributed by atoms with Crippen molar-refractivity contribution in [2.75, 3.05) is 11.9 Å². The Hall–Kier alpha value is -3.17. The third-order valence-electron chi connectivity index (χ3n) is 4.21. The molecule has 0 atom stereocenters. The molecule has 0 unspecified atom stereocenters. The highest BCUT2D eigenvalue weighted by Crippen LogP contribution is 2.23. The van der Waals surface area contributed by atoms with E-state index in [0.29, 0.717) is 12.1 Å². The zero-order chi connectivity index (χ0) is 19.4. The number of para-hydroxylation sites is 1. The second kappa shape index (κ2) is 7.60. The molecular weight excluding hydrogens is 363 g/mol. The van der Waals surface area contributed by atoms with E-state index in [-0.39, 0.29) is 9.79 Å². The minimum Gasteiger partial charge on any atom is -0.369 e. The van der Waals surface area contributed by atoms with Crippen LogP contribution < -0.4 is 4.90 Å². The summed E-state index contributed by atoms with van der Waals surface area (Å²) in [7, 11) is -1.81. The third kappa shape index (κ3) is 3.99. The van der Waals surface area contributed by atoms with Gasteiger partial charge in [0.25, 0.3) is 0 Å². The maximum absolute atomic E-state index is 13.0. The first-order valence-electron chi connectivity index (χ1n) is 8.21. The van der Waals surface area contributed by atoms with Crippen molar-refractivity contribution in [2.45, 2.75) is 16.3 Å². The molecule has 4 nitrogen and oxygen atoms in total. The molecule has 0 N–H and O–H groups in total. The van der Waals surface area contributed by atoms with Crippen molar-refractivity contribution >= 4 is 15.5 Å². The predicted molar refractivity (Wildman–Crippen MR) is 102 cm³/mol. The van der Waals surface area contributed by atoms with E-state index in [1.165, 1.54) is 24.3 Å². The molecule has 136 valence electrons. The fourth-order valence-electron chi connectivity index (χ4n) is 2.78. The monoisotopic (exact) mass is 380 g/mol. The second-order valence-electron chi connectivity index (χ2n) is 6.09. The van der Waals surface area contributed by atoms with Crippen LogP contribution in [0.25, 0.3) is 0 Å². The Labute approximate surface area is 158 Å². The first kappa shape index (κ1) is 18.6. The van der Waals surface area contributed by atoms with E-state index >= 15 is 0 Å². The highest BCUT2D eigenvalue weighted by Gasteiger charge is 2.17. The van der Waals surface area contributed by atoms with E-state index in [2.05, 4.69) is 6.07 Å². The Kier molecular flexibility index (Phi) is 5.24. The van der Waals surface area contributed by atoms with E-state index in [1.54, 1.807) is 18.2 Å². The Morgan fingerprint density at radius 1 is 0.926 bits per heavy atom. The summed E-state index contributed by atoms with van der Waals surface area (Å²) < 4.78 is 38.3. The van der Waals surface area contributed by atoms with Crippen LogP contribution in [-0.4, -0.2) is 15.5 Å². The molecule has 0 aliphatic carbocycles. The summed E-state index contributed by atoms with van der Waals surface area (Å²) in [6.45, 7) is 0.523. The lowest BCUT2D eigenvalue weighted by atomic mass is 10.1. The molecule has 0 amide bonds. The van der Waals surface area contributed by atoms with Crippen LogP contribution >= 0.6 is 0 Å². The summed E-state index contributed by atoms with van der Waals surface area (Å²) in [5.74, 6) is -0.481. The summed E-state index contributed by atoms with van der Waals surface area (Å²) in [5, 5.41) is 9.22. The molecule has 0 aliphatic heterocycles. The molecule has 0 fully saturated rings. The smallest absolute Gasteiger partial charge is 0.206 e. The molecule has 27 heavy (non-hydrogen) atoms. The Balaban J connectivity index is 1.81. The average Bonchev–Trinajstić information content (AvgIpc) is 2.68. The summed E-state index contributed by atoms with van der Waals surface area (Å²) in [4.78, 5) is 2.14. The van der Waals surface area contributed by atoms with Gasteiger partial charge in [0.15, 0.2) is 0 Å². The number of sulfone groups is 1. The lowest BCUT2D eigenvalue weighted by Gasteiger charge is -2.20. The first-order chi connectivity index (χ1) is 12.9. The van der Waals surface area contributed by atoms with Gasteiger partial charge in [0, 0.05) is 13.6 Å². The van der Waals surface area contributed by atoms with Crippen molar-refractivity contribution in [2.24, 2.45) is 0 Å². The van der Waals surface area contributed by atoms with Crippen LogP contribution in [0.1, 0.15) is 11.1 Å². The number of hydrogen-bond acceptors (Lipinski definition) is 4. The van der Waals surface area contributed by atoms with Gasteiger partial charge in [-0.15, -0.1) is 0 Å². The van der Waals surface area contributed by atoms with Crippen molar-refractivity contribution in [3.8, 4) is 6.07 Å². The van der Waals surface area contributed by atoms with Gasteiger partial charge in [-0.05, 0) is 54.1 Å². The van der Waals surface area contributed by atoms with E-state index in [0.717, 1.165) is 23.4 Å². The molecular formula is C21H17FN2O2S. The van der Waals surface area contributed by atoms with E-state index in [1.807, 2.05) is 30.1 Å². The third-order valence-corrected chi connectivity index (χ3v) is 6.00. The highest BCUT2D eigenvalue weighted by atomic mass is 32.2. The normalized spacial score (nSPS) is 11.0. The molecule has 3 aromatic carbocycles. The fraction of sp³-hybridized carbons (Fsp3) is 0.0952. The van der Waals surface area contributed by atoms with Crippen LogP contribution in [0.4, 0.5) is 10.1 Å². The number of halogens is 1. The SMILES string of the molecule is CN(Cc1ccc(S(=O)(=O)c2ccc(F)cc2)cc1)c1ccccc1C#N. The standard InChI is InChI=1S/C21H17FN2O2S/c1-24(21-5-3-2-4-17(21)14-23)15-16-6-10-19(11-7-16)27(25,26)20-12-8-18(22)9-13-20/h2-13H,15H2,1H3. The van der Waals surface area contributed by atoms with Crippen molar-refractivity contribution in [1.82, 2.24) is 0 Å². The number of anilines is 1. The zero-order valence-corrected chi connectivity index (χ0v) is 15.4. The van der Waals surface area contributed by atoms with Crippen LogP contribution in [-0.2, 0) is 16.4 Å². The molecule has 0 aromatic heterocycles. The van der Waals surface area contributed by atoms with Gasteiger partial charge in [-0.25, -0.2) is 12.8 Å². The lowest BCUT2D eigenvalue weighted by Crippen LogP contribution is -2.17. The van der Waals surface area contributed by atoms with Crippen molar-refractivity contribution in [1.29, 1.82) is 5.26 Å². The van der Waals surface area contributed by atoms with E-state index in [9.17, 15) is 18.1 Å². The Bertz CT molecular complexity index is 1090. The maximum atomic E-state index is 13.0. The molecule has 0 saturated heterocycles. The zero-order valence-electron chi connectivity index (χ0n) is 14.6. The van der Waals surface area contributed by atoms with E-state index in [4.69, 9.17) is 0 Å². The number of rotatable bonds is 5.